The molecular formula is C81H158O17P2. The Balaban J connectivity index is 5.25. The zero-order valence-corrected chi connectivity index (χ0v) is 67.5. The van der Waals surface area contributed by atoms with E-state index in [1.165, 1.54) is 225 Å². The number of rotatable bonds is 79. The van der Waals surface area contributed by atoms with E-state index in [1.807, 2.05) is 0 Å². The van der Waals surface area contributed by atoms with Gasteiger partial charge in [0.2, 0.25) is 0 Å². The van der Waals surface area contributed by atoms with Gasteiger partial charge in [0.05, 0.1) is 26.4 Å². The number of unbranched alkanes of at least 4 members (excludes halogenated alkanes) is 45. The molecule has 0 aromatic rings. The van der Waals surface area contributed by atoms with Gasteiger partial charge < -0.3 is 33.8 Å². The highest BCUT2D eigenvalue weighted by Gasteiger charge is 2.30. The monoisotopic (exact) mass is 1470 g/mol. The molecule has 0 rings (SSSR count). The molecule has 17 nitrogen and oxygen atoms in total. The van der Waals surface area contributed by atoms with Crippen molar-refractivity contribution in [1.82, 2.24) is 0 Å². The second kappa shape index (κ2) is 71.3. The molecule has 0 saturated carbocycles. The van der Waals surface area contributed by atoms with Crippen LogP contribution in [0.15, 0.2) is 0 Å². The van der Waals surface area contributed by atoms with Crippen LogP contribution < -0.4 is 0 Å². The molecule has 0 heterocycles. The van der Waals surface area contributed by atoms with Crippen LogP contribution in [0, 0.1) is 17.8 Å². The maximum absolute atomic E-state index is 13.1. The molecule has 7 atom stereocenters. The lowest BCUT2D eigenvalue weighted by Crippen LogP contribution is -2.30. The molecule has 0 fully saturated rings. The highest BCUT2D eigenvalue weighted by molar-refractivity contribution is 7.47. The Kier molecular flexibility index (Phi) is 69.9. The molecular weight excluding hydrogens is 1310 g/mol. The van der Waals surface area contributed by atoms with Gasteiger partial charge in [-0.3, -0.25) is 37.3 Å². The number of phosphoric acid groups is 2. The van der Waals surface area contributed by atoms with Crippen molar-refractivity contribution in [3.8, 4) is 0 Å². The third-order valence-electron chi connectivity index (χ3n) is 19.6. The first kappa shape index (κ1) is 98.1. The van der Waals surface area contributed by atoms with E-state index in [4.69, 9.17) is 37.0 Å². The fourth-order valence-corrected chi connectivity index (χ4v) is 14.0. The van der Waals surface area contributed by atoms with Crippen LogP contribution in [0.1, 0.15) is 421 Å². The molecule has 0 radical (unpaired) electrons. The average molecular weight is 1470 g/mol. The summed E-state index contributed by atoms with van der Waals surface area (Å²) in [7, 11) is -9.92. The topological polar surface area (TPSA) is 237 Å². The number of esters is 4. The first-order valence-corrected chi connectivity index (χ1v) is 44.9. The van der Waals surface area contributed by atoms with Crippen LogP contribution in [-0.4, -0.2) is 96.7 Å². The fourth-order valence-electron chi connectivity index (χ4n) is 12.4. The van der Waals surface area contributed by atoms with E-state index in [-0.39, 0.29) is 25.7 Å². The van der Waals surface area contributed by atoms with Gasteiger partial charge in [0.15, 0.2) is 12.2 Å². The Morgan fingerprint density at radius 3 is 0.760 bits per heavy atom. The predicted molar refractivity (Wildman–Crippen MR) is 409 cm³/mol. The molecule has 0 aromatic heterocycles. The molecule has 3 N–H and O–H groups in total. The molecule has 0 saturated heterocycles. The molecule has 0 aliphatic carbocycles. The van der Waals surface area contributed by atoms with Gasteiger partial charge in [-0.25, -0.2) is 9.13 Å². The lowest BCUT2D eigenvalue weighted by atomic mass is 9.99. The van der Waals surface area contributed by atoms with E-state index in [2.05, 4.69) is 48.5 Å². The summed E-state index contributed by atoms with van der Waals surface area (Å²) < 4.78 is 68.7. The van der Waals surface area contributed by atoms with Crippen LogP contribution in [-0.2, 0) is 65.4 Å². The molecule has 0 aliphatic rings. The Labute approximate surface area is 613 Å². The molecule has 100 heavy (non-hydrogen) atoms. The van der Waals surface area contributed by atoms with E-state index in [0.29, 0.717) is 31.6 Å². The minimum atomic E-state index is -4.96. The van der Waals surface area contributed by atoms with Crippen molar-refractivity contribution in [1.29, 1.82) is 0 Å². The van der Waals surface area contributed by atoms with Gasteiger partial charge in [-0.1, -0.05) is 370 Å². The van der Waals surface area contributed by atoms with Crippen molar-refractivity contribution in [2.75, 3.05) is 39.6 Å². The summed E-state index contributed by atoms with van der Waals surface area (Å²) in [6, 6.07) is 0. The molecule has 0 amide bonds. The number of carbonyl (C=O) groups excluding carboxylic acids is 4. The SMILES string of the molecule is CCCCCCCCCCCCCCCCCCCCC(=O)OC[C@H](COP(=O)(O)OC[C@@H](O)COP(=O)(O)OC[C@@H](COC(=O)CCCCCCCCCC(C)C)OC(=O)CCCCCCCCCCCCC(C)CC)OC(=O)CCCCCCCCCCCCCCCCC(C)CC. The minimum absolute atomic E-state index is 0.105. The fraction of sp³-hybridized carbons (Fsp3) is 0.951. The number of aliphatic hydroxyl groups excluding tert-OH is 1. The normalized spacial score (nSPS) is 14.5. The maximum atomic E-state index is 13.1. The van der Waals surface area contributed by atoms with Crippen LogP contribution in [0.25, 0.3) is 0 Å². The summed E-state index contributed by atoms with van der Waals surface area (Å²) in [4.78, 5) is 73.0. The third kappa shape index (κ3) is 71.7. The number of hydrogen-bond donors (Lipinski definition) is 3. The first-order chi connectivity index (χ1) is 48.3. The number of aliphatic hydroxyl groups is 1. The van der Waals surface area contributed by atoms with E-state index in [0.717, 1.165) is 108 Å². The molecule has 0 bridgehead atoms. The summed E-state index contributed by atoms with van der Waals surface area (Å²) in [6.07, 6.45) is 59.6. The summed E-state index contributed by atoms with van der Waals surface area (Å²) in [5, 5.41) is 10.6. The number of carbonyl (C=O) groups is 4. The Hall–Kier alpha value is -1.94. The van der Waals surface area contributed by atoms with Crippen LogP contribution in [0.2, 0.25) is 0 Å². The maximum Gasteiger partial charge on any atom is 0.472 e. The van der Waals surface area contributed by atoms with Crippen LogP contribution in [0.5, 0.6) is 0 Å². The second-order valence-corrected chi connectivity index (χ2v) is 33.0. The molecule has 0 spiro atoms. The van der Waals surface area contributed by atoms with E-state index in [1.54, 1.807) is 0 Å². The van der Waals surface area contributed by atoms with Gasteiger partial charge in [0.25, 0.3) is 0 Å². The third-order valence-corrected chi connectivity index (χ3v) is 21.5. The highest BCUT2D eigenvalue weighted by Crippen LogP contribution is 2.45. The lowest BCUT2D eigenvalue weighted by molar-refractivity contribution is -0.161. The van der Waals surface area contributed by atoms with E-state index in [9.17, 15) is 43.2 Å². The number of hydrogen-bond acceptors (Lipinski definition) is 15. The van der Waals surface area contributed by atoms with Gasteiger partial charge >= 0.3 is 39.5 Å². The van der Waals surface area contributed by atoms with Gasteiger partial charge in [0, 0.05) is 25.7 Å². The van der Waals surface area contributed by atoms with Crippen molar-refractivity contribution in [3.63, 3.8) is 0 Å². The number of ether oxygens (including phenoxy) is 4. The molecule has 594 valence electrons. The summed E-state index contributed by atoms with van der Waals surface area (Å²) in [5.74, 6) is 0.242. The van der Waals surface area contributed by atoms with Gasteiger partial charge in [0.1, 0.15) is 19.3 Å². The smallest absolute Gasteiger partial charge is 0.462 e. The van der Waals surface area contributed by atoms with Crippen molar-refractivity contribution >= 4 is 39.5 Å². The van der Waals surface area contributed by atoms with Gasteiger partial charge in [-0.2, -0.15) is 0 Å². The quantitative estimate of drug-likeness (QED) is 0.0222. The highest BCUT2D eigenvalue weighted by atomic mass is 31.2. The predicted octanol–water partition coefficient (Wildman–Crippen LogP) is 24.1. The lowest BCUT2D eigenvalue weighted by Gasteiger charge is -2.21. The number of phosphoric ester groups is 2. The average Bonchev–Trinajstić information content (AvgIpc) is 0.926. The van der Waals surface area contributed by atoms with Gasteiger partial charge in [-0.15, -0.1) is 0 Å². The Morgan fingerprint density at radius 2 is 0.510 bits per heavy atom. The molecule has 4 unspecified atom stereocenters. The van der Waals surface area contributed by atoms with Crippen molar-refractivity contribution in [2.45, 2.75) is 439 Å². The van der Waals surface area contributed by atoms with Crippen LogP contribution >= 0.6 is 15.6 Å². The zero-order valence-electron chi connectivity index (χ0n) is 65.7. The minimum Gasteiger partial charge on any atom is -0.462 e. The van der Waals surface area contributed by atoms with Crippen LogP contribution in [0.3, 0.4) is 0 Å². The summed E-state index contributed by atoms with van der Waals surface area (Å²) in [5.41, 5.74) is 0. The standard InChI is InChI=1S/C81H158O17P2/c1-8-11-12-13-14-15-16-17-18-19-20-21-25-28-34-41-48-55-62-78(83)91-68-76(97-80(85)64-57-50-42-35-29-26-23-22-24-27-32-39-46-53-60-73(6)9-2)70-95-99(87,88)93-66-75(82)67-94-100(89,90)96-71-77(69-92-79(84)63-56-49-44-37-38-45-52-59-72(4)5)98-81(86)65-58-51-43-36-31-30-33-40-47-54-61-74(7)10-3/h72-77,82H,8-71H2,1-7H3,(H,87,88)(H,89,90)/t73?,74?,75-,76-,77-/m1/s1. The van der Waals surface area contributed by atoms with Crippen LogP contribution in [0.4, 0.5) is 0 Å². The molecule has 0 aromatic carbocycles. The van der Waals surface area contributed by atoms with Gasteiger partial charge in [-0.05, 0) is 43.4 Å². The molecule has 0 aliphatic heterocycles. The Bertz CT molecular complexity index is 1940. The second-order valence-electron chi connectivity index (χ2n) is 30.1. The van der Waals surface area contributed by atoms with Crippen molar-refractivity contribution in [2.24, 2.45) is 17.8 Å². The Morgan fingerprint density at radius 1 is 0.290 bits per heavy atom. The summed E-state index contributed by atoms with van der Waals surface area (Å²) >= 11 is 0. The zero-order chi connectivity index (χ0) is 73.7. The first-order valence-electron chi connectivity index (χ1n) is 41.9. The van der Waals surface area contributed by atoms with E-state index >= 15 is 0 Å². The largest absolute Gasteiger partial charge is 0.472 e. The van der Waals surface area contributed by atoms with Crippen molar-refractivity contribution in [3.05, 3.63) is 0 Å². The van der Waals surface area contributed by atoms with Crippen molar-refractivity contribution < 1.29 is 80.2 Å². The molecule has 19 heteroatoms. The van der Waals surface area contributed by atoms with E-state index < -0.39 is 97.5 Å². The summed E-state index contributed by atoms with van der Waals surface area (Å²) in [6.45, 7) is 12.0.